The first-order chi connectivity index (χ1) is 12.6. The second kappa shape index (κ2) is 9.11. The third-order valence-corrected chi connectivity index (χ3v) is 6.78. The molecule has 2 heterocycles. The van der Waals surface area contributed by atoms with Gasteiger partial charge in [-0.15, -0.1) is 11.3 Å². The molecule has 3 rings (SSSR count). The number of carbonyl (C=O) groups is 2. The molecule has 1 aromatic heterocycles. The first-order valence-corrected chi connectivity index (χ1v) is 10.6. The summed E-state index contributed by atoms with van der Waals surface area (Å²) in [4.78, 5) is 27.2. The molecule has 1 aliphatic heterocycles. The molecule has 0 unspecified atom stereocenters. The van der Waals surface area contributed by atoms with Gasteiger partial charge in [0.1, 0.15) is 0 Å². The highest BCUT2D eigenvalue weighted by Gasteiger charge is 2.37. The smallest absolute Gasteiger partial charge is 0.224 e. The van der Waals surface area contributed by atoms with Crippen molar-refractivity contribution in [3.8, 4) is 0 Å². The Kier molecular flexibility index (Phi) is 6.84. The number of thiophene rings is 1. The number of ether oxygens (including phenoxy) is 1. The molecule has 1 amide bonds. The van der Waals surface area contributed by atoms with Gasteiger partial charge in [0.15, 0.2) is 5.78 Å². The van der Waals surface area contributed by atoms with E-state index >= 15 is 0 Å². The monoisotopic (exact) mass is 378 g/mol. The Morgan fingerprint density at radius 2 is 1.88 bits per heavy atom. The van der Waals surface area contributed by atoms with Crippen molar-refractivity contribution in [3.63, 3.8) is 0 Å². The highest BCUT2D eigenvalue weighted by Crippen LogP contribution is 2.33. The zero-order valence-electron chi connectivity index (χ0n) is 15.7. The molecule has 0 atom stereocenters. The molecule has 2 fully saturated rings. The predicted octanol–water partition coefficient (Wildman–Crippen LogP) is 3.03. The average Bonchev–Trinajstić information content (AvgIpc) is 2.98. The Morgan fingerprint density at radius 3 is 2.50 bits per heavy atom. The fraction of sp³-hybridized carbons (Fsp3) is 0.700. The minimum atomic E-state index is 0.0507. The minimum absolute atomic E-state index is 0.0507. The molecule has 0 bridgehead atoms. The van der Waals surface area contributed by atoms with Crippen LogP contribution in [0.2, 0.25) is 0 Å². The number of amides is 1. The van der Waals surface area contributed by atoms with Gasteiger partial charge in [-0.2, -0.15) is 0 Å². The van der Waals surface area contributed by atoms with Crippen LogP contribution in [-0.4, -0.2) is 55.0 Å². The summed E-state index contributed by atoms with van der Waals surface area (Å²) in [5, 5.41) is 5.12. The van der Waals surface area contributed by atoms with Gasteiger partial charge in [0.2, 0.25) is 5.91 Å². The fourth-order valence-corrected chi connectivity index (χ4v) is 5.01. The number of morpholine rings is 1. The number of nitrogens with one attached hydrogen (secondary N) is 1. The standard InChI is InChI=1S/C20H30N2O3S/c1-16(23)18-12-17(14-26-18)13-19(24)21-15-20(6-4-2-3-5-7-20)22-8-10-25-11-9-22/h12,14H,2-11,13,15H2,1H3,(H,21,24). The first kappa shape index (κ1) is 19.5. The molecule has 144 valence electrons. The maximum atomic E-state index is 12.5. The first-order valence-electron chi connectivity index (χ1n) is 9.77. The summed E-state index contributed by atoms with van der Waals surface area (Å²) in [6.07, 6.45) is 7.72. The van der Waals surface area contributed by atoms with E-state index in [0.29, 0.717) is 6.42 Å². The molecule has 1 saturated carbocycles. The largest absolute Gasteiger partial charge is 0.379 e. The van der Waals surface area contributed by atoms with E-state index in [1.165, 1.54) is 37.0 Å². The molecule has 2 aliphatic rings. The van der Waals surface area contributed by atoms with Crippen LogP contribution < -0.4 is 5.32 Å². The molecule has 5 nitrogen and oxygen atoms in total. The van der Waals surface area contributed by atoms with Gasteiger partial charge < -0.3 is 10.1 Å². The van der Waals surface area contributed by atoms with Crippen LogP contribution in [0.1, 0.15) is 60.7 Å². The summed E-state index contributed by atoms with van der Waals surface area (Å²) in [6, 6.07) is 1.84. The number of nitrogens with zero attached hydrogens (tertiary/aromatic N) is 1. The minimum Gasteiger partial charge on any atom is -0.379 e. The average molecular weight is 379 g/mol. The van der Waals surface area contributed by atoms with Crippen molar-refractivity contribution in [2.45, 2.75) is 57.4 Å². The summed E-state index contributed by atoms with van der Waals surface area (Å²) in [6.45, 7) is 5.78. The molecule has 6 heteroatoms. The van der Waals surface area contributed by atoms with Gasteiger partial charge in [0.05, 0.1) is 24.5 Å². The van der Waals surface area contributed by atoms with E-state index in [-0.39, 0.29) is 17.2 Å². The van der Waals surface area contributed by atoms with Gasteiger partial charge in [-0.25, -0.2) is 0 Å². The van der Waals surface area contributed by atoms with Crippen LogP contribution in [-0.2, 0) is 16.0 Å². The number of hydrogen-bond donors (Lipinski definition) is 1. The topological polar surface area (TPSA) is 58.6 Å². The third kappa shape index (κ3) is 4.93. The van der Waals surface area contributed by atoms with Gasteiger partial charge in [0.25, 0.3) is 0 Å². The molecule has 0 spiro atoms. The van der Waals surface area contributed by atoms with Gasteiger partial charge in [-0.3, -0.25) is 14.5 Å². The highest BCUT2D eigenvalue weighted by molar-refractivity contribution is 7.12. The maximum absolute atomic E-state index is 12.5. The van der Waals surface area contributed by atoms with Crippen molar-refractivity contribution in [1.82, 2.24) is 10.2 Å². The van der Waals surface area contributed by atoms with Gasteiger partial charge in [-0.05, 0) is 36.8 Å². The number of rotatable bonds is 6. The van der Waals surface area contributed by atoms with E-state index in [0.717, 1.165) is 56.1 Å². The predicted molar refractivity (Wildman–Crippen MR) is 104 cm³/mol. The van der Waals surface area contributed by atoms with E-state index in [1.807, 2.05) is 11.4 Å². The van der Waals surface area contributed by atoms with Crippen molar-refractivity contribution in [2.24, 2.45) is 0 Å². The van der Waals surface area contributed by atoms with Crippen molar-refractivity contribution < 1.29 is 14.3 Å². The molecule has 1 aliphatic carbocycles. The summed E-state index contributed by atoms with van der Waals surface area (Å²) >= 11 is 1.42. The molecular formula is C20H30N2O3S. The van der Waals surface area contributed by atoms with Gasteiger partial charge in [-0.1, -0.05) is 25.7 Å². The highest BCUT2D eigenvalue weighted by atomic mass is 32.1. The van der Waals surface area contributed by atoms with Crippen LogP contribution >= 0.6 is 11.3 Å². The second-order valence-electron chi connectivity index (χ2n) is 7.57. The van der Waals surface area contributed by atoms with E-state index < -0.39 is 0 Å². The van der Waals surface area contributed by atoms with Crippen molar-refractivity contribution >= 4 is 23.0 Å². The Morgan fingerprint density at radius 1 is 1.19 bits per heavy atom. The quantitative estimate of drug-likeness (QED) is 0.611. The molecule has 1 saturated heterocycles. The van der Waals surface area contributed by atoms with Gasteiger partial charge in [0, 0.05) is 25.2 Å². The van der Waals surface area contributed by atoms with E-state index in [4.69, 9.17) is 4.74 Å². The van der Waals surface area contributed by atoms with E-state index in [9.17, 15) is 9.59 Å². The number of Topliss-reactive ketones (excluding diaryl/α,β-unsaturated/α-hetero) is 1. The third-order valence-electron chi connectivity index (χ3n) is 5.70. The van der Waals surface area contributed by atoms with Crippen LogP contribution in [0, 0.1) is 0 Å². The lowest BCUT2D eigenvalue weighted by Crippen LogP contribution is -2.58. The lowest BCUT2D eigenvalue weighted by molar-refractivity contribution is -0.121. The Labute approximate surface area is 160 Å². The summed E-state index contributed by atoms with van der Waals surface area (Å²) < 4.78 is 5.54. The van der Waals surface area contributed by atoms with Gasteiger partial charge >= 0.3 is 0 Å². The summed E-state index contributed by atoms with van der Waals surface area (Å²) in [7, 11) is 0. The summed E-state index contributed by atoms with van der Waals surface area (Å²) in [5.74, 6) is 0.112. The van der Waals surface area contributed by atoms with Crippen LogP contribution in [0.15, 0.2) is 11.4 Å². The SMILES string of the molecule is CC(=O)c1cc(CC(=O)NCC2(N3CCOCC3)CCCCCC2)cs1. The zero-order valence-corrected chi connectivity index (χ0v) is 16.5. The molecule has 0 radical (unpaired) electrons. The zero-order chi connectivity index (χ0) is 18.4. The lowest BCUT2D eigenvalue weighted by Gasteiger charge is -2.45. The molecule has 26 heavy (non-hydrogen) atoms. The molecule has 1 N–H and O–H groups in total. The second-order valence-corrected chi connectivity index (χ2v) is 8.48. The number of hydrogen-bond acceptors (Lipinski definition) is 5. The normalized spacial score (nSPS) is 21.1. The van der Waals surface area contributed by atoms with Crippen molar-refractivity contribution in [2.75, 3.05) is 32.8 Å². The van der Waals surface area contributed by atoms with Crippen LogP contribution in [0.25, 0.3) is 0 Å². The fourth-order valence-electron chi connectivity index (χ4n) is 4.19. The summed E-state index contributed by atoms with van der Waals surface area (Å²) in [5.41, 5.74) is 1.01. The molecule has 0 aromatic carbocycles. The Balaban J connectivity index is 1.60. The Bertz CT molecular complexity index is 614. The van der Waals surface area contributed by atoms with Crippen LogP contribution in [0.5, 0.6) is 0 Å². The molecular weight excluding hydrogens is 348 g/mol. The number of carbonyl (C=O) groups excluding carboxylic acids is 2. The lowest BCUT2D eigenvalue weighted by atomic mass is 9.87. The maximum Gasteiger partial charge on any atom is 0.224 e. The van der Waals surface area contributed by atoms with Crippen LogP contribution in [0.4, 0.5) is 0 Å². The van der Waals surface area contributed by atoms with Crippen LogP contribution in [0.3, 0.4) is 0 Å². The van der Waals surface area contributed by atoms with E-state index in [1.54, 1.807) is 6.92 Å². The molecule has 1 aromatic rings. The van der Waals surface area contributed by atoms with Crippen molar-refractivity contribution in [1.29, 1.82) is 0 Å². The van der Waals surface area contributed by atoms with Crippen molar-refractivity contribution in [3.05, 3.63) is 21.9 Å². The van der Waals surface area contributed by atoms with E-state index in [2.05, 4.69) is 10.2 Å². The Hall–Kier alpha value is -1.24. The number of ketones is 1.